The van der Waals surface area contributed by atoms with Crippen LogP contribution in [0.4, 0.5) is 10.1 Å². The lowest BCUT2D eigenvalue weighted by Crippen LogP contribution is -1.89. The van der Waals surface area contributed by atoms with E-state index in [1.54, 1.807) is 6.07 Å². The van der Waals surface area contributed by atoms with E-state index in [1.807, 2.05) is 22.6 Å². The van der Waals surface area contributed by atoms with Gasteiger partial charge in [-0.25, -0.2) is 4.39 Å². The number of rotatable bonds is 0. The average Bonchev–Trinajstić information content (AvgIpc) is 1.82. The molecule has 1 aromatic carbocycles. The van der Waals surface area contributed by atoms with Crippen LogP contribution in [0.3, 0.4) is 0 Å². The molecule has 1 rings (SSSR count). The van der Waals surface area contributed by atoms with Crippen LogP contribution in [0.25, 0.3) is 0 Å². The largest absolute Gasteiger partial charge is 0.399 e. The second-order valence-electron chi connectivity index (χ2n) is 1.80. The van der Waals surface area contributed by atoms with Crippen molar-refractivity contribution in [1.82, 2.24) is 0 Å². The van der Waals surface area contributed by atoms with Crippen molar-refractivity contribution in [1.29, 1.82) is 0 Å². The molecule has 2 N–H and O–H groups in total. The third-order valence-corrected chi connectivity index (χ3v) is 3.47. The van der Waals surface area contributed by atoms with E-state index in [0.717, 1.165) is 0 Å². The van der Waals surface area contributed by atoms with Crippen molar-refractivity contribution >= 4 is 44.2 Å². The molecule has 0 saturated heterocycles. The summed E-state index contributed by atoms with van der Waals surface area (Å²) in [6.45, 7) is 0. The van der Waals surface area contributed by atoms with Crippen molar-refractivity contribution in [3.8, 4) is 0 Å². The minimum atomic E-state index is -0.285. The standard InChI is InChI=1S/C6H4BrFIN/c7-4-1-3(10)2-5(8)6(4)9/h1-2H,10H2. The van der Waals surface area contributed by atoms with Gasteiger partial charge in [0.15, 0.2) is 0 Å². The van der Waals surface area contributed by atoms with Crippen molar-refractivity contribution in [3.05, 3.63) is 26.0 Å². The van der Waals surface area contributed by atoms with E-state index >= 15 is 0 Å². The van der Waals surface area contributed by atoms with E-state index in [2.05, 4.69) is 15.9 Å². The first-order chi connectivity index (χ1) is 4.61. The van der Waals surface area contributed by atoms with E-state index in [1.165, 1.54) is 6.07 Å². The number of anilines is 1. The van der Waals surface area contributed by atoms with Crippen LogP contribution >= 0.6 is 38.5 Å². The Hall–Kier alpha value is 0.160. The highest BCUT2D eigenvalue weighted by molar-refractivity contribution is 14.1. The normalized spacial score (nSPS) is 9.90. The van der Waals surface area contributed by atoms with E-state index in [-0.39, 0.29) is 5.82 Å². The molecule has 0 fully saturated rings. The summed E-state index contributed by atoms with van der Waals surface area (Å²) in [7, 11) is 0. The van der Waals surface area contributed by atoms with Crippen LogP contribution in [-0.4, -0.2) is 0 Å². The van der Waals surface area contributed by atoms with Crippen molar-refractivity contribution in [3.63, 3.8) is 0 Å². The maximum atomic E-state index is 12.7. The molecule has 1 aromatic rings. The molecule has 0 unspecified atom stereocenters. The van der Waals surface area contributed by atoms with Crippen molar-refractivity contribution in [2.24, 2.45) is 0 Å². The van der Waals surface area contributed by atoms with Gasteiger partial charge in [-0.3, -0.25) is 0 Å². The van der Waals surface area contributed by atoms with Gasteiger partial charge < -0.3 is 5.73 Å². The van der Waals surface area contributed by atoms with Gasteiger partial charge in [-0.15, -0.1) is 0 Å². The Bertz CT molecular complexity index is 241. The van der Waals surface area contributed by atoms with Crippen LogP contribution in [0.1, 0.15) is 0 Å². The summed E-state index contributed by atoms with van der Waals surface area (Å²) in [4.78, 5) is 0. The van der Waals surface area contributed by atoms with Crippen LogP contribution in [0.2, 0.25) is 0 Å². The molecule has 0 bridgehead atoms. The maximum absolute atomic E-state index is 12.7. The monoisotopic (exact) mass is 315 g/mol. The number of benzene rings is 1. The second kappa shape index (κ2) is 3.04. The molecule has 4 heteroatoms. The molecule has 0 aliphatic carbocycles. The Kier molecular flexibility index (Phi) is 2.51. The fourth-order valence-corrected chi connectivity index (χ4v) is 1.34. The van der Waals surface area contributed by atoms with Crippen LogP contribution in [0.15, 0.2) is 16.6 Å². The molecular formula is C6H4BrFIN. The summed E-state index contributed by atoms with van der Waals surface area (Å²) in [5, 5.41) is 0. The highest BCUT2D eigenvalue weighted by atomic mass is 127. The van der Waals surface area contributed by atoms with Gasteiger partial charge in [-0.2, -0.15) is 0 Å². The van der Waals surface area contributed by atoms with Gasteiger partial charge in [0.05, 0.1) is 3.57 Å². The molecule has 10 heavy (non-hydrogen) atoms. The van der Waals surface area contributed by atoms with Gasteiger partial charge in [0.2, 0.25) is 0 Å². The molecule has 0 aliphatic rings. The molecule has 0 heterocycles. The average molecular weight is 316 g/mol. The van der Waals surface area contributed by atoms with Gasteiger partial charge in [-0.05, 0) is 50.7 Å². The lowest BCUT2D eigenvalue weighted by atomic mass is 10.3. The number of halogens is 3. The lowest BCUT2D eigenvalue weighted by molar-refractivity contribution is 0.620. The van der Waals surface area contributed by atoms with Gasteiger partial charge in [0.25, 0.3) is 0 Å². The van der Waals surface area contributed by atoms with Crippen LogP contribution in [-0.2, 0) is 0 Å². The zero-order chi connectivity index (χ0) is 7.72. The second-order valence-corrected chi connectivity index (χ2v) is 3.73. The molecule has 0 aromatic heterocycles. The van der Waals surface area contributed by atoms with E-state index < -0.39 is 0 Å². The van der Waals surface area contributed by atoms with Crippen LogP contribution in [0.5, 0.6) is 0 Å². The Morgan fingerprint density at radius 2 is 2.10 bits per heavy atom. The number of hydrogen-bond donors (Lipinski definition) is 1. The quantitative estimate of drug-likeness (QED) is 0.445. The smallest absolute Gasteiger partial charge is 0.139 e. The fourth-order valence-electron chi connectivity index (χ4n) is 0.575. The third kappa shape index (κ3) is 1.60. The van der Waals surface area contributed by atoms with Gasteiger partial charge in [-0.1, -0.05) is 0 Å². The summed E-state index contributed by atoms with van der Waals surface area (Å²) in [6, 6.07) is 2.97. The first kappa shape index (κ1) is 8.26. The molecule has 0 aliphatic heterocycles. The van der Waals surface area contributed by atoms with E-state index in [4.69, 9.17) is 5.73 Å². The molecule has 0 saturated carbocycles. The summed E-state index contributed by atoms with van der Waals surface area (Å²) in [6.07, 6.45) is 0. The molecular weight excluding hydrogens is 312 g/mol. The minimum Gasteiger partial charge on any atom is -0.399 e. The third-order valence-electron chi connectivity index (χ3n) is 1.01. The van der Waals surface area contributed by atoms with Crippen molar-refractivity contribution in [2.75, 3.05) is 5.73 Å². The summed E-state index contributed by atoms with van der Waals surface area (Å²) in [5.74, 6) is -0.285. The summed E-state index contributed by atoms with van der Waals surface area (Å²) < 4.78 is 14.0. The fraction of sp³-hybridized carbons (Fsp3) is 0. The minimum absolute atomic E-state index is 0.285. The van der Waals surface area contributed by atoms with Crippen molar-refractivity contribution in [2.45, 2.75) is 0 Å². The van der Waals surface area contributed by atoms with Gasteiger partial charge in [0, 0.05) is 10.2 Å². The van der Waals surface area contributed by atoms with Gasteiger partial charge in [0.1, 0.15) is 5.82 Å². The van der Waals surface area contributed by atoms with Crippen LogP contribution < -0.4 is 5.73 Å². The van der Waals surface area contributed by atoms with Crippen LogP contribution in [0, 0.1) is 9.39 Å². The topological polar surface area (TPSA) is 26.0 Å². The number of nitrogens with two attached hydrogens (primary N) is 1. The predicted molar refractivity (Wildman–Crippen MR) is 51.2 cm³/mol. The number of nitrogen functional groups attached to an aromatic ring is 1. The molecule has 0 radical (unpaired) electrons. The first-order valence-corrected chi connectivity index (χ1v) is 4.38. The Balaban J connectivity index is 3.31. The molecule has 0 atom stereocenters. The maximum Gasteiger partial charge on any atom is 0.139 e. The highest BCUT2D eigenvalue weighted by Gasteiger charge is 2.03. The van der Waals surface area contributed by atoms with E-state index in [9.17, 15) is 4.39 Å². The Morgan fingerprint density at radius 3 is 2.60 bits per heavy atom. The molecule has 0 amide bonds. The SMILES string of the molecule is Nc1cc(F)c(I)c(Br)c1. The zero-order valence-corrected chi connectivity index (χ0v) is 8.61. The lowest BCUT2D eigenvalue weighted by Gasteiger charge is -1.98. The summed E-state index contributed by atoms with van der Waals surface area (Å²) >= 11 is 5.08. The van der Waals surface area contributed by atoms with Gasteiger partial charge >= 0.3 is 0 Å². The Labute approximate surface area is 80.1 Å². The van der Waals surface area contributed by atoms with E-state index in [0.29, 0.717) is 13.7 Å². The first-order valence-electron chi connectivity index (χ1n) is 2.51. The highest BCUT2D eigenvalue weighted by Crippen LogP contribution is 2.24. The molecule has 0 spiro atoms. The molecule has 54 valence electrons. The number of hydrogen-bond acceptors (Lipinski definition) is 1. The predicted octanol–water partition coefficient (Wildman–Crippen LogP) is 2.78. The molecule has 1 nitrogen and oxygen atoms in total. The Morgan fingerprint density at radius 1 is 1.50 bits per heavy atom. The zero-order valence-electron chi connectivity index (χ0n) is 4.87. The summed E-state index contributed by atoms with van der Waals surface area (Å²) in [5.41, 5.74) is 5.79. The van der Waals surface area contributed by atoms with Crippen molar-refractivity contribution < 1.29 is 4.39 Å².